The van der Waals surface area contributed by atoms with Gasteiger partial charge in [-0.25, -0.2) is 15.0 Å². The Morgan fingerprint density at radius 3 is 2.57 bits per heavy atom. The van der Waals surface area contributed by atoms with Gasteiger partial charge in [0.15, 0.2) is 0 Å². The largest absolute Gasteiger partial charge is 0.273 e. The minimum Gasteiger partial charge on any atom is -0.273 e. The molecule has 1 aliphatic heterocycles. The minimum absolute atomic E-state index is 0.0309. The first-order chi connectivity index (χ1) is 10.1. The summed E-state index contributed by atoms with van der Waals surface area (Å²) in [5.41, 5.74) is 3.89. The van der Waals surface area contributed by atoms with E-state index in [2.05, 4.69) is 15.1 Å². The zero-order valence-electron chi connectivity index (χ0n) is 12.1. The van der Waals surface area contributed by atoms with Crippen LogP contribution in [0.2, 0.25) is 0 Å². The Morgan fingerprint density at radius 1 is 1.14 bits per heavy atom. The van der Waals surface area contributed by atoms with Crippen LogP contribution in [0.25, 0.3) is 11.1 Å². The molecule has 5 heteroatoms. The summed E-state index contributed by atoms with van der Waals surface area (Å²) in [5, 5.41) is 5.63. The summed E-state index contributed by atoms with van der Waals surface area (Å²) in [6.07, 6.45) is 6.63. The standard InChI is InChI=1S/C16H16N4O/c1-11-8-14(20-16(21)4-3-7-19-20)5-6-15(11)13-9-17-12(2)18-10-13/h5-10H,3-4H2,1-2H3. The number of anilines is 1. The summed E-state index contributed by atoms with van der Waals surface area (Å²) in [6.45, 7) is 3.87. The average molecular weight is 280 g/mol. The van der Waals surface area contributed by atoms with Gasteiger partial charge in [-0.3, -0.25) is 4.79 Å². The van der Waals surface area contributed by atoms with Crippen LogP contribution >= 0.6 is 0 Å². The van der Waals surface area contributed by atoms with Crippen molar-refractivity contribution >= 4 is 17.8 Å². The molecule has 0 unspecified atom stereocenters. The van der Waals surface area contributed by atoms with E-state index >= 15 is 0 Å². The van der Waals surface area contributed by atoms with Crippen LogP contribution in [-0.4, -0.2) is 22.1 Å². The molecule has 0 atom stereocenters. The molecule has 0 N–H and O–H groups in total. The zero-order chi connectivity index (χ0) is 14.8. The van der Waals surface area contributed by atoms with E-state index in [9.17, 15) is 4.79 Å². The third-order valence-corrected chi connectivity index (χ3v) is 3.47. The van der Waals surface area contributed by atoms with Crippen molar-refractivity contribution in [3.8, 4) is 11.1 Å². The van der Waals surface area contributed by atoms with Gasteiger partial charge < -0.3 is 0 Å². The van der Waals surface area contributed by atoms with Crippen molar-refractivity contribution in [2.75, 3.05) is 5.01 Å². The summed E-state index contributed by atoms with van der Waals surface area (Å²) in [5.74, 6) is 0.782. The molecule has 0 spiro atoms. The summed E-state index contributed by atoms with van der Waals surface area (Å²) < 4.78 is 0. The second kappa shape index (κ2) is 5.44. The van der Waals surface area contributed by atoms with Gasteiger partial charge in [0.25, 0.3) is 0 Å². The van der Waals surface area contributed by atoms with Gasteiger partial charge >= 0.3 is 0 Å². The van der Waals surface area contributed by atoms with Crippen LogP contribution in [0.15, 0.2) is 35.7 Å². The maximum atomic E-state index is 11.9. The van der Waals surface area contributed by atoms with Gasteiger partial charge in [-0.15, -0.1) is 0 Å². The number of aryl methyl sites for hydroxylation is 2. The number of benzene rings is 1. The predicted octanol–water partition coefficient (Wildman–Crippen LogP) is 2.87. The SMILES string of the molecule is Cc1ncc(-c2ccc(N3N=CCCC3=O)cc2C)cn1. The number of rotatable bonds is 2. The normalized spacial score (nSPS) is 14.6. The molecule has 1 aromatic carbocycles. The van der Waals surface area contributed by atoms with Crippen LogP contribution in [0.5, 0.6) is 0 Å². The molecule has 1 amide bonds. The van der Waals surface area contributed by atoms with Gasteiger partial charge in [-0.2, -0.15) is 5.10 Å². The van der Waals surface area contributed by atoms with Gasteiger partial charge in [-0.1, -0.05) is 6.07 Å². The van der Waals surface area contributed by atoms with E-state index in [-0.39, 0.29) is 5.91 Å². The van der Waals surface area contributed by atoms with E-state index in [4.69, 9.17) is 0 Å². The molecule has 0 saturated heterocycles. The molecule has 1 aliphatic rings. The van der Waals surface area contributed by atoms with Gasteiger partial charge in [0.2, 0.25) is 5.91 Å². The fourth-order valence-corrected chi connectivity index (χ4v) is 2.34. The minimum atomic E-state index is 0.0309. The molecule has 106 valence electrons. The third-order valence-electron chi connectivity index (χ3n) is 3.47. The van der Waals surface area contributed by atoms with Crippen LogP contribution < -0.4 is 5.01 Å². The molecular formula is C16H16N4O. The Kier molecular flexibility index (Phi) is 3.48. The smallest absolute Gasteiger partial charge is 0.247 e. The van der Waals surface area contributed by atoms with Crippen molar-refractivity contribution in [3.05, 3.63) is 42.0 Å². The van der Waals surface area contributed by atoms with Crippen LogP contribution in [0.1, 0.15) is 24.2 Å². The van der Waals surface area contributed by atoms with E-state index in [0.29, 0.717) is 12.8 Å². The van der Waals surface area contributed by atoms with E-state index in [0.717, 1.165) is 28.2 Å². The summed E-state index contributed by atoms with van der Waals surface area (Å²) in [7, 11) is 0. The Hall–Kier alpha value is -2.56. The average Bonchev–Trinajstić information content (AvgIpc) is 2.49. The number of hydrazone groups is 1. The van der Waals surface area contributed by atoms with E-state index in [1.807, 2.05) is 44.4 Å². The summed E-state index contributed by atoms with van der Waals surface area (Å²) >= 11 is 0. The van der Waals surface area contributed by atoms with Gasteiger partial charge in [-0.05, 0) is 43.5 Å². The lowest BCUT2D eigenvalue weighted by Gasteiger charge is -2.21. The number of nitrogens with zero attached hydrogens (tertiary/aromatic N) is 4. The second-order valence-electron chi connectivity index (χ2n) is 5.06. The first-order valence-electron chi connectivity index (χ1n) is 6.90. The molecule has 5 nitrogen and oxygen atoms in total. The zero-order valence-corrected chi connectivity index (χ0v) is 12.1. The molecule has 2 heterocycles. The van der Waals surface area contributed by atoms with Crippen LogP contribution in [0.3, 0.4) is 0 Å². The summed E-state index contributed by atoms with van der Waals surface area (Å²) in [6, 6.07) is 5.86. The monoisotopic (exact) mass is 280 g/mol. The van der Waals surface area contributed by atoms with Crippen LogP contribution in [-0.2, 0) is 4.79 Å². The molecule has 0 bridgehead atoms. The van der Waals surface area contributed by atoms with E-state index in [1.54, 1.807) is 6.21 Å². The van der Waals surface area contributed by atoms with Crippen molar-refractivity contribution in [1.82, 2.24) is 9.97 Å². The highest BCUT2D eigenvalue weighted by Gasteiger charge is 2.18. The van der Waals surface area contributed by atoms with Crippen molar-refractivity contribution in [3.63, 3.8) is 0 Å². The number of amides is 1. The quantitative estimate of drug-likeness (QED) is 0.850. The molecule has 0 fully saturated rings. The second-order valence-corrected chi connectivity index (χ2v) is 5.06. The Labute approximate surface area is 123 Å². The number of carbonyl (C=O) groups excluding carboxylic acids is 1. The first-order valence-corrected chi connectivity index (χ1v) is 6.90. The van der Waals surface area contributed by atoms with Crippen molar-refractivity contribution in [1.29, 1.82) is 0 Å². The summed E-state index contributed by atoms with van der Waals surface area (Å²) in [4.78, 5) is 20.3. The Morgan fingerprint density at radius 2 is 1.90 bits per heavy atom. The molecule has 0 radical (unpaired) electrons. The Bertz CT molecular complexity index is 707. The van der Waals surface area contributed by atoms with Crippen LogP contribution in [0.4, 0.5) is 5.69 Å². The fraction of sp³-hybridized carbons (Fsp3) is 0.250. The molecule has 3 rings (SSSR count). The van der Waals surface area contributed by atoms with Gasteiger partial charge in [0.05, 0.1) is 5.69 Å². The topological polar surface area (TPSA) is 58.5 Å². The highest BCUT2D eigenvalue weighted by atomic mass is 16.2. The maximum Gasteiger partial charge on any atom is 0.247 e. The van der Waals surface area contributed by atoms with Crippen molar-refractivity contribution < 1.29 is 4.79 Å². The predicted molar refractivity (Wildman–Crippen MR) is 82.2 cm³/mol. The lowest BCUT2D eigenvalue weighted by atomic mass is 10.0. The van der Waals surface area contributed by atoms with E-state index < -0.39 is 0 Å². The molecule has 21 heavy (non-hydrogen) atoms. The number of hydrogen-bond donors (Lipinski definition) is 0. The van der Waals surface area contributed by atoms with Gasteiger partial charge in [0, 0.05) is 30.6 Å². The van der Waals surface area contributed by atoms with Crippen LogP contribution in [0, 0.1) is 13.8 Å². The Balaban J connectivity index is 1.96. The van der Waals surface area contributed by atoms with Gasteiger partial charge in [0.1, 0.15) is 5.82 Å². The highest BCUT2D eigenvalue weighted by molar-refractivity contribution is 5.97. The molecule has 0 aliphatic carbocycles. The number of carbonyl (C=O) groups is 1. The third kappa shape index (κ3) is 2.67. The lowest BCUT2D eigenvalue weighted by Crippen LogP contribution is -2.28. The fourth-order valence-electron chi connectivity index (χ4n) is 2.34. The molecule has 1 aromatic heterocycles. The molecule has 2 aromatic rings. The first kappa shape index (κ1) is 13.4. The van der Waals surface area contributed by atoms with Crippen molar-refractivity contribution in [2.24, 2.45) is 5.10 Å². The number of aromatic nitrogens is 2. The molecular weight excluding hydrogens is 264 g/mol. The molecule has 0 saturated carbocycles. The van der Waals surface area contributed by atoms with E-state index in [1.165, 1.54) is 5.01 Å². The number of hydrogen-bond acceptors (Lipinski definition) is 4. The highest BCUT2D eigenvalue weighted by Crippen LogP contribution is 2.28. The maximum absolute atomic E-state index is 11.9. The van der Waals surface area contributed by atoms with Crippen molar-refractivity contribution in [2.45, 2.75) is 26.7 Å². The lowest BCUT2D eigenvalue weighted by molar-refractivity contribution is -0.118.